The van der Waals surface area contributed by atoms with Crippen LogP contribution in [0.3, 0.4) is 0 Å². The third kappa shape index (κ3) is 4.26. The minimum absolute atomic E-state index is 0.0332. The minimum atomic E-state index is -0.647. The van der Waals surface area contributed by atoms with Crippen LogP contribution < -0.4 is 10.9 Å². The molecule has 0 radical (unpaired) electrons. The lowest BCUT2D eigenvalue weighted by molar-refractivity contribution is 1.38. The molecule has 0 aliphatic heterocycles. The minimum Gasteiger partial charge on any atom is -0.353 e. The van der Waals surface area contributed by atoms with E-state index in [0.717, 1.165) is 0 Å². The van der Waals surface area contributed by atoms with Crippen molar-refractivity contribution in [3.05, 3.63) is 24.8 Å². The van der Waals surface area contributed by atoms with Crippen LogP contribution >= 0.6 is 0 Å². The number of nitrogens with one attached hydrogen (secondary N) is 2. The van der Waals surface area contributed by atoms with Gasteiger partial charge in [0.15, 0.2) is 0 Å². The van der Waals surface area contributed by atoms with Gasteiger partial charge in [0.05, 0.1) is 20.4 Å². The maximum absolute atomic E-state index is 4.12. The second-order valence-corrected chi connectivity index (χ2v) is 7.75. The molecule has 2 aromatic rings. The Morgan fingerprint density at radius 1 is 1.13 bits per heavy atom. The lowest BCUT2D eigenvalue weighted by atomic mass is 11.0. The highest BCUT2D eigenvalue weighted by molar-refractivity contribution is 6.69. The van der Waals surface area contributed by atoms with Gasteiger partial charge in [-0.1, -0.05) is 19.6 Å². The molecule has 0 saturated heterocycles. The number of aromatic amines is 2. The van der Waals surface area contributed by atoms with Gasteiger partial charge in [-0.15, -0.1) is 0 Å². The zero-order chi connectivity index (χ0) is 11.1. The molecule has 0 amide bonds. The van der Waals surface area contributed by atoms with Crippen LogP contribution in [0.5, 0.6) is 0 Å². The molecular formula is C9H18N4Si2. The summed E-state index contributed by atoms with van der Waals surface area (Å²) in [6, 6.07) is 0. The standard InChI is InChI=1S/C5H10N2Si.C4H8N2Si/c1-8(2)5-6-3-4-7-5;1-7-4-5-2-3-6-4/h3-4,8H,1-2H3,(H,6,7);2-3H,7H2,1H3,(H,5,6). The molecule has 0 unspecified atom stereocenters. The Hall–Kier alpha value is -1.15. The van der Waals surface area contributed by atoms with Crippen molar-refractivity contribution in [3.8, 4) is 0 Å². The summed E-state index contributed by atoms with van der Waals surface area (Å²) in [7, 11) is -0.680. The van der Waals surface area contributed by atoms with Crippen LogP contribution in [0, 0.1) is 0 Å². The summed E-state index contributed by atoms with van der Waals surface area (Å²) < 4.78 is 0. The first kappa shape index (κ1) is 11.9. The normalized spacial score (nSPS) is 10.7. The van der Waals surface area contributed by atoms with E-state index in [1.807, 2.05) is 18.6 Å². The van der Waals surface area contributed by atoms with Crippen LogP contribution in [-0.4, -0.2) is 38.3 Å². The highest BCUT2D eigenvalue weighted by atomic mass is 28.3. The van der Waals surface area contributed by atoms with Crippen molar-refractivity contribution in [1.82, 2.24) is 19.9 Å². The van der Waals surface area contributed by atoms with E-state index in [9.17, 15) is 0 Å². The molecule has 82 valence electrons. The Morgan fingerprint density at radius 3 is 2.07 bits per heavy atom. The molecule has 2 rings (SSSR count). The van der Waals surface area contributed by atoms with E-state index < -0.39 is 8.80 Å². The first-order valence-electron chi connectivity index (χ1n) is 5.21. The first-order chi connectivity index (χ1) is 7.24. The predicted octanol–water partition coefficient (Wildman–Crippen LogP) is -0.645. The summed E-state index contributed by atoms with van der Waals surface area (Å²) >= 11 is 0. The van der Waals surface area contributed by atoms with Gasteiger partial charge >= 0.3 is 0 Å². The Balaban J connectivity index is 0.000000151. The molecule has 0 aliphatic carbocycles. The number of H-pyrrole nitrogens is 2. The monoisotopic (exact) mass is 238 g/mol. The average Bonchev–Trinajstić information content (AvgIpc) is 2.92. The van der Waals surface area contributed by atoms with E-state index in [-0.39, 0.29) is 9.52 Å². The van der Waals surface area contributed by atoms with Crippen molar-refractivity contribution in [2.75, 3.05) is 0 Å². The summed E-state index contributed by atoms with van der Waals surface area (Å²) in [5.74, 6) is 0. The number of hydrogen-bond donors (Lipinski definition) is 2. The highest BCUT2D eigenvalue weighted by Gasteiger charge is 1.99. The molecule has 0 aliphatic rings. The van der Waals surface area contributed by atoms with Crippen LogP contribution in [0.25, 0.3) is 0 Å². The third-order valence-corrected chi connectivity index (χ3v) is 4.42. The molecule has 2 aromatic heterocycles. The second kappa shape index (κ2) is 6.36. The number of nitrogens with zero attached hydrogens (tertiary/aromatic N) is 2. The summed E-state index contributed by atoms with van der Waals surface area (Å²) in [6.45, 7) is 6.70. The Labute approximate surface area is 94.0 Å². The Bertz CT molecular complexity index is 342. The van der Waals surface area contributed by atoms with Gasteiger partial charge < -0.3 is 9.97 Å². The largest absolute Gasteiger partial charge is 0.353 e. The van der Waals surface area contributed by atoms with Gasteiger partial charge in [0.1, 0.15) is 8.80 Å². The Kier molecular flexibility index (Phi) is 5.06. The fourth-order valence-corrected chi connectivity index (χ4v) is 2.51. The molecule has 0 fully saturated rings. The maximum Gasteiger partial charge on any atom is 0.110 e. The van der Waals surface area contributed by atoms with Crippen molar-refractivity contribution in [3.63, 3.8) is 0 Å². The van der Waals surface area contributed by atoms with Gasteiger partial charge in [0, 0.05) is 24.8 Å². The van der Waals surface area contributed by atoms with Gasteiger partial charge in [-0.2, -0.15) is 0 Å². The topological polar surface area (TPSA) is 57.4 Å². The molecule has 2 N–H and O–H groups in total. The van der Waals surface area contributed by atoms with Crippen LogP contribution in [0.4, 0.5) is 0 Å². The molecule has 0 bridgehead atoms. The van der Waals surface area contributed by atoms with Gasteiger partial charge in [-0.25, -0.2) is 9.97 Å². The van der Waals surface area contributed by atoms with Crippen LogP contribution in [-0.2, 0) is 0 Å². The number of imidazole rings is 2. The van der Waals surface area contributed by atoms with Crippen LogP contribution in [0.1, 0.15) is 0 Å². The van der Waals surface area contributed by atoms with Crippen molar-refractivity contribution >= 4 is 29.2 Å². The van der Waals surface area contributed by atoms with Crippen LogP contribution in [0.2, 0.25) is 19.6 Å². The quantitative estimate of drug-likeness (QED) is 0.684. The van der Waals surface area contributed by atoms with E-state index in [4.69, 9.17) is 0 Å². The average molecular weight is 238 g/mol. The van der Waals surface area contributed by atoms with Gasteiger partial charge in [0.25, 0.3) is 0 Å². The van der Waals surface area contributed by atoms with Crippen molar-refractivity contribution in [2.24, 2.45) is 0 Å². The Morgan fingerprint density at radius 2 is 1.80 bits per heavy atom. The molecule has 0 saturated carbocycles. The number of hydrogen-bond acceptors (Lipinski definition) is 2. The molecule has 0 spiro atoms. The van der Waals surface area contributed by atoms with E-state index in [2.05, 4.69) is 39.6 Å². The molecule has 0 atom stereocenters. The van der Waals surface area contributed by atoms with E-state index in [0.29, 0.717) is 0 Å². The van der Waals surface area contributed by atoms with Crippen molar-refractivity contribution in [1.29, 1.82) is 0 Å². The third-order valence-electron chi connectivity index (χ3n) is 1.96. The number of rotatable bonds is 2. The summed E-state index contributed by atoms with van der Waals surface area (Å²) in [4.78, 5) is 14.3. The van der Waals surface area contributed by atoms with E-state index in [1.54, 1.807) is 6.20 Å². The van der Waals surface area contributed by atoms with Gasteiger partial charge in [-0.05, 0) is 0 Å². The van der Waals surface area contributed by atoms with Crippen LogP contribution in [0.15, 0.2) is 24.8 Å². The second-order valence-electron chi connectivity index (χ2n) is 3.52. The highest BCUT2D eigenvalue weighted by Crippen LogP contribution is 1.76. The zero-order valence-corrected chi connectivity index (χ0v) is 12.1. The molecule has 4 nitrogen and oxygen atoms in total. The fraction of sp³-hybridized carbons (Fsp3) is 0.333. The molecular weight excluding hydrogens is 220 g/mol. The van der Waals surface area contributed by atoms with E-state index >= 15 is 0 Å². The van der Waals surface area contributed by atoms with Gasteiger partial charge in [-0.3, -0.25) is 0 Å². The molecule has 6 heteroatoms. The lowest BCUT2D eigenvalue weighted by Crippen LogP contribution is -2.25. The molecule has 0 aromatic carbocycles. The maximum atomic E-state index is 4.12. The summed E-state index contributed by atoms with van der Waals surface area (Å²) in [6.07, 6.45) is 7.35. The predicted molar refractivity (Wildman–Crippen MR) is 69.7 cm³/mol. The lowest BCUT2D eigenvalue weighted by Gasteiger charge is -1.92. The smallest absolute Gasteiger partial charge is 0.110 e. The summed E-state index contributed by atoms with van der Waals surface area (Å²) in [5, 5.41) is 0. The zero-order valence-electron chi connectivity index (χ0n) is 9.49. The summed E-state index contributed by atoms with van der Waals surface area (Å²) in [5.41, 5.74) is 2.39. The first-order valence-corrected chi connectivity index (χ1v) is 10.2. The number of aromatic nitrogens is 4. The van der Waals surface area contributed by atoms with Gasteiger partial charge in [0.2, 0.25) is 0 Å². The molecule has 15 heavy (non-hydrogen) atoms. The fourth-order valence-electron chi connectivity index (χ4n) is 1.08. The van der Waals surface area contributed by atoms with Crippen molar-refractivity contribution < 1.29 is 0 Å². The molecule has 2 heterocycles. The SMILES string of the molecule is C[SiH2]c1ncc[nH]1.C[SiH](C)c1ncc[nH]1. The van der Waals surface area contributed by atoms with Crippen molar-refractivity contribution in [2.45, 2.75) is 19.6 Å². The van der Waals surface area contributed by atoms with E-state index in [1.165, 1.54) is 10.9 Å².